The fourth-order valence-corrected chi connectivity index (χ4v) is 0. The van der Waals surface area contributed by atoms with Crippen molar-refractivity contribution < 1.29 is 19.5 Å². The van der Waals surface area contributed by atoms with Crippen LogP contribution in [0.15, 0.2) is 0 Å². The summed E-state index contributed by atoms with van der Waals surface area (Å²) in [6.45, 7) is 0. The first-order valence-electron chi connectivity index (χ1n) is 0. The third-order valence-electron chi connectivity index (χ3n) is 0. The van der Waals surface area contributed by atoms with E-state index in [9.17, 15) is 0 Å². The van der Waals surface area contributed by atoms with Gasteiger partial charge in [0.2, 0.25) is 0 Å². The molecule has 0 bridgehead atoms. The Bertz CT molecular complexity index is 8.00. The number of hydrogen-bond acceptors (Lipinski definition) is 0. The third-order valence-corrected chi connectivity index (χ3v) is 0. The Morgan fingerprint density at radius 1 is 1.00 bits per heavy atom. The van der Waals surface area contributed by atoms with Gasteiger partial charge in [-0.1, -0.05) is 0 Å². The molecular weight excluding hydrogens is 242 g/mol. The maximum absolute atomic E-state index is 0. The van der Waals surface area contributed by atoms with E-state index in [1.165, 1.54) is 0 Å². The molecule has 0 nitrogen and oxygen atoms in total. The largest absolute Gasteiger partial charge is 0 e. The molecule has 9 radical (unpaired) electrons. The zero-order valence-corrected chi connectivity index (χ0v) is 10.9. The first-order chi connectivity index (χ1) is 0. The Labute approximate surface area is 85.9 Å². The molecule has 0 atom stereocenters. The van der Waals surface area contributed by atoms with Crippen molar-refractivity contribution in [3.05, 3.63) is 0 Å². The maximum atomic E-state index is 0. The van der Waals surface area contributed by atoms with E-state index in [0.29, 0.717) is 0 Å². The molecule has 0 aliphatic carbocycles. The van der Waals surface area contributed by atoms with Gasteiger partial charge in [-0.15, -0.1) is 0 Å². The van der Waals surface area contributed by atoms with Crippen LogP contribution in [-0.4, -0.2) is 68.3 Å². The van der Waals surface area contributed by atoms with Crippen LogP contribution in [0, 0.1) is 0 Å². The van der Waals surface area contributed by atoms with Crippen molar-refractivity contribution in [2.24, 2.45) is 0 Å². The second-order valence-corrected chi connectivity index (χ2v) is 0. The van der Waals surface area contributed by atoms with Crippen molar-refractivity contribution in [2.45, 2.75) is 0 Å². The molecule has 0 aliphatic heterocycles. The fraction of sp³-hybridized carbons (Fsp3) is 0. The molecular formula is BBaSiZn. The predicted octanol–water partition coefficient (Wildman–Crippen LogP) is -1.14. The van der Waals surface area contributed by atoms with Crippen LogP contribution in [0.4, 0.5) is 0 Å². The van der Waals surface area contributed by atoms with Gasteiger partial charge in [-0.3, -0.25) is 0 Å². The van der Waals surface area contributed by atoms with Gasteiger partial charge in [0.15, 0.2) is 0 Å². The van der Waals surface area contributed by atoms with E-state index in [-0.39, 0.29) is 87.7 Å². The van der Waals surface area contributed by atoms with Gasteiger partial charge in [-0.2, -0.15) is 0 Å². The minimum absolute atomic E-state index is 0. The molecule has 0 fully saturated rings. The summed E-state index contributed by atoms with van der Waals surface area (Å²) in [5.74, 6) is 0. The van der Waals surface area contributed by atoms with E-state index in [1.807, 2.05) is 0 Å². The van der Waals surface area contributed by atoms with Crippen LogP contribution in [0.3, 0.4) is 0 Å². The summed E-state index contributed by atoms with van der Waals surface area (Å²) < 4.78 is 0. The second kappa shape index (κ2) is 17.9. The SMILES string of the molecule is [B].[Ba].[Si].[Zn]. The van der Waals surface area contributed by atoms with Gasteiger partial charge in [0.25, 0.3) is 0 Å². The van der Waals surface area contributed by atoms with E-state index in [1.54, 1.807) is 0 Å². The van der Waals surface area contributed by atoms with Crippen LogP contribution in [0.1, 0.15) is 0 Å². The predicted molar refractivity (Wildman–Crippen MR) is 17.3 cm³/mol. The fourth-order valence-electron chi connectivity index (χ4n) is 0. The molecule has 0 saturated heterocycles. The average molecular weight is 242 g/mol. The van der Waals surface area contributed by atoms with E-state index in [0.717, 1.165) is 0 Å². The van der Waals surface area contributed by atoms with Crippen molar-refractivity contribution in [3.63, 3.8) is 0 Å². The van der Waals surface area contributed by atoms with E-state index >= 15 is 0 Å². The quantitative estimate of drug-likeness (QED) is 0.470. The first-order valence-corrected chi connectivity index (χ1v) is 0. The van der Waals surface area contributed by atoms with Gasteiger partial charge in [0, 0.05) is 87.7 Å². The van der Waals surface area contributed by atoms with E-state index < -0.39 is 0 Å². The molecule has 0 unspecified atom stereocenters. The molecule has 0 saturated carbocycles. The minimum atomic E-state index is 0. The molecule has 0 aromatic carbocycles. The van der Waals surface area contributed by atoms with Gasteiger partial charge in [0.05, 0.1) is 0 Å². The summed E-state index contributed by atoms with van der Waals surface area (Å²) in [6.07, 6.45) is 0. The molecule has 0 heterocycles. The van der Waals surface area contributed by atoms with Crippen LogP contribution in [0.2, 0.25) is 0 Å². The van der Waals surface area contributed by atoms with Crippen molar-refractivity contribution in [1.29, 1.82) is 0 Å². The van der Waals surface area contributed by atoms with Crippen molar-refractivity contribution in [1.82, 2.24) is 0 Å². The third kappa shape index (κ3) is 8.82. The van der Waals surface area contributed by atoms with Crippen molar-refractivity contribution in [2.75, 3.05) is 0 Å². The number of rotatable bonds is 0. The smallest absolute Gasteiger partial charge is 0 e. The molecule has 11 valence electrons. The monoisotopic (exact) mass is 241 g/mol. The summed E-state index contributed by atoms with van der Waals surface area (Å²) in [7, 11) is 0. The zero-order chi connectivity index (χ0) is 0. The topological polar surface area (TPSA) is 0 Å². The van der Waals surface area contributed by atoms with Crippen LogP contribution in [0.5, 0.6) is 0 Å². The first kappa shape index (κ1) is 31.7. The maximum Gasteiger partial charge on any atom is 0 e. The molecule has 0 aromatic rings. The van der Waals surface area contributed by atoms with E-state index in [4.69, 9.17) is 0 Å². The van der Waals surface area contributed by atoms with Crippen LogP contribution in [-0.2, 0) is 19.5 Å². The summed E-state index contributed by atoms with van der Waals surface area (Å²) in [6, 6.07) is 0. The Morgan fingerprint density at radius 2 is 1.00 bits per heavy atom. The van der Waals surface area contributed by atoms with Crippen LogP contribution < -0.4 is 0 Å². The molecule has 4 heteroatoms. The van der Waals surface area contributed by atoms with Gasteiger partial charge in [-0.05, 0) is 0 Å². The van der Waals surface area contributed by atoms with Crippen LogP contribution in [0.25, 0.3) is 0 Å². The Kier molecular flexibility index (Phi) is 142. The molecule has 0 N–H and O–H groups in total. The average Bonchev–Trinajstić information content (AvgIpc) is 0. The zero-order valence-electron chi connectivity index (χ0n) is 2.49. The Hall–Kier alpha value is 2.48. The molecule has 0 aliphatic rings. The van der Waals surface area contributed by atoms with Gasteiger partial charge in [0.1, 0.15) is 0 Å². The van der Waals surface area contributed by atoms with Gasteiger partial charge >= 0.3 is 0 Å². The molecule has 0 rings (SSSR count). The summed E-state index contributed by atoms with van der Waals surface area (Å²) in [5, 5.41) is 0. The Balaban J connectivity index is 0. The summed E-state index contributed by atoms with van der Waals surface area (Å²) in [5.41, 5.74) is 0. The minimum Gasteiger partial charge on any atom is 0 e. The molecule has 0 amide bonds. The molecule has 0 aromatic heterocycles. The van der Waals surface area contributed by atoms with E-state index in [2.05, 4.69) is 0 Å². The Morgan fingerprint density at radius 3 is 1.00 bits per heavy atom. The standard InChI is InChI=1S/B.Ba.Si.Zn. The van der Waals surface area contributed by atoms with Gasteiger partial charge < -0.3 is 0 Å². The molecule has 4 heavy (non-hydrogen) atoms. The normalized spacial score (nSPS) is 0. The van der Waals surface area contributed by atoms with Crippen molar-refractivity contribution in [3.8, 4) is 0 Å². The summed E-state index contributed by atoms with van der Waals surface area (Å²) in [4.78, 5) is 0. The number of hydrogen-bond donors (Lipinski definition) is 0. The van der Waals surface area contributed by atoms with Crippen molar-refractivity contribution >= 4 is 68.3 Å². The van der Waals surface area contributed by atoms with Crippen LogP contribution >= 0.6 is 0 Å². The summed E-state index contributed by atoms with van der Waals surface area (Å²) >= 11 is 0. The second-order valence-electron chi connectivity index (χ2n) is 0. The molecule has 0 spiro atoms. The van der Waals surface area contributed by atoms with Gasteiger partial charge in [-0.25, -0.2) is 0 Å².